The van der Waals surface area contributed by atoms with Crippen LogP contribution >= 0.6 is 0 Å². The molecule has 4 aromatic carbocycles. The van der Waals surface area contributed by atoms with E-state index in [9.17, 15) is 0 Å². The van der Waals surface area contributed by atoms with Gasteiger partial charge in [-0.2, -0.15) is 0 Å². The largest absolute Gasteiger partial charge is 0.454 e. The number of nitrogens with one attached hydrogen (secondary N) is 1. The fourth-order valence-corrected chi connectivity index (χ4v) is 4.94. The first-order valence-corrected chi connectivity index (χ1v) is 10.1. The normalized spacial score (nSPS) is 14.1. The zero-order chi connectivity index (χ0) is 19.6. The standard InChI is InChI=1S/C27H21NO/c1-27(2)21-13-5-3-9-17(21)19-11-7-14-22(25(19)27)28-23-15-8-12-20-18-10-4-6-16-24(18)29-26(20)23/h3-16,28H,1-2H3. The van der Waals surface area contributed by atoms with Gasteiger partial charge >= 0.3 is 0 Å². The average molecular weight is 375 g/mol. The van der Waals surface area contributed by atoms with E-state index in [1.54, 1.807) is 0 Å². The summed E-state index contributed by atoms with van der Waals surface area (Å²) in [7, 11) is 0. The molecule has 29 heavy (non-hydrogen) atoms. The van der Waals surface area contributed by atoms with Crippen molar-refractivity contribution in [2.45, 2.75) is 19.3 Å². The van der Waals surface area contributed by atoms with Crippen LogP contribution in [0, 0.1) is 0 Å². The van der Waals surface area contributed by atoms with E-state index >= 15 is 0 Å². The summed E-state index contributed by atoms with van der Waals surface area (Å²) < 4.78 is 6.23. The van der Waals surface area contributed by atoms with Crippen LogP contribution in [0.3, 0.4) is 0 Å². The lowest BCUT2D eigenvalue weighted by Crippen LogP contribution is -2.16. The molecule has 0 fully saturated rings. The van der Waals surface area contributed by atoms with Crippen LogP contribution in [0.2, 0.25) is 0 Å². The van der Waals surface area contributed by atoms with E-state index in [1.165, 1.54) is 22.3 Å². The van der Waals surface area contributed by atoms with Gasteiger partial charge < -0.3 is 9.73 Å². The molecule has 0 atom stereocenters. The minimum Gasteiger partial charge on any atom is -0.454 e. The third-order valence-corrected chi connectivity index (χ3v) is 6.25. The second kappa shape index (κ2) is 5.74. The van der Waals surface area contributed by atoms with Crippen molar-refractivity contribution in [2.75, 3.05) is 5.32 Å². The molecule has 0 saturated carbocycles. The van der Waals surface area contributed by atoms with E-state index < -0.39 is 0 Å². The number of anilines is 2. The smallest absolute Gasteiger partial charge is 0.158 e. The third-order valence-electron chi connectivity index (χ3n) is 6.25. The molecule has 0 radical (unpaired) electrons. The quantitative estimate of drug-likeness (QED) is 0.343. The molecule has 140 valence electrons. The molecule has 1 aliphatic carbocycles. The summed E-state index contributed by atoms with van der Waals surface area (Å²) in [5.74, 6) is 0. The highest BCUT2D eigenvalue weighted by Gasteiger charge is 2.37. The summed E-state index contributed by atoms with van der Waals surface area (Å²) in [5.41, 5.74) is 9.26. The van der Waals surface area contributed by atoms with Crippen molar-refractivity contribution in [1.82, 2.24) is 0 Å². The molecule has 2 nitrogen and oxygen atoms in total. The number of fused-ring (bicyclic) bond motifs is 6. The topological polar surface area (TPSA) is 25.2 Å². The molecule has 0 aliphatic heterocycles. The molecule has 5 aromatic rings. The predicted molar refractivity (Wildman–Crippen MR) is 121 cm³/mol. The van der Waals surface area contributed by atoms with Crippen LogP contribution in [0.25, 0.3) is 33.1 Å². The average Bonchev–Trinajstić information content (AvgIpc) is 3.23. The number of hydrogen-bond donors (Lipinski definition) is 1. The molecule has 0 spiro atoms. The molecule has 1 aromatic heterocycles. The van der Waals surface area contributed by atoms with Gasteiger partial charge in [-0.3, -0.25) is 0 Å². The van der Waals surface area contributed by atoms with Gasteiger partial charge in [-0.05, 0) is 40.5 Å². The molecule has 1 aliphatic rings. The highest BCUT2D eigenvalue weighted by molar-refractivity contribution is 6.09. The van der Waals surface area contributed by atoms with Gasteiger partial charge in [0.25, 0.3) is 0 Å². The number of furan rings is 1. The van der Waals surface area contributed by atoms with Crippen LogP contribution in [-0.4, -0.2) is 0 Å². The van der Waals surface area contributed by atoms with Gasteiger partial charge in [-0.1, -0.05) is 80.6 Å². The SMILES string of the molecule is CC1(C)c2ccccc2-c2cccc(Nc3cccc4c3oc3ccccc34)c21. The Morgan fingerprint density at radius 2 is 1.34 bits per heavy atom. The summed E-state index contributed by atoms with van der Waals surface area (Å²) in [4.78, 5) is 0. The van der Waals surface area contributed by atoms with Crippen molar-refractivity contribution in [3.05, 3.63) is 96.1 Å². The Kier molecular flexibility index (Phi) is 3.25. The van der Waals surface area contributed by atoms with Crippen molar-refractivity contribution in [3.8, 4) is 11.1 Å². The number of benzene rings is 4. The Morgan fingerprint density at radius 3 is 2.28 bits per heavy atom. The van der Waals surface area contributed by atoms with E-state index in [4.69, 9.17) is 4.42 Å². The Morgan fingerprint density at radius 1 is 0.655 bits per heavy atom. The molecular weight excluding hydrogens is 354 g/mol. The first-order chi connectivity index (χ1) is 14.1. The van der Waals surface area contributed by atoms with Crippen LogP contribution in [0.15, 0.2) is 89.3 Å². The Labute approximate surface area is 169 Å². The summed E-state index contributed by atoms with van der Waals surface area (Å²) >= 11 is 0. The minimum absolute atomic E-state index is 0.0582. The van der Waals surface area contributed by atoms with E-state index in [-0.39, 0.29) is 5.41 Å². The lowest BCUT2D eigenvalue weighted by atomic mass is 9.81. The van der Waals surface area contributed by atoms with E-state index in [0.717, 1.165) is 33.3 Å². The highest BCUT2D eigenvalue weighted by Crippen LogP contribution is 2.52. The fourth-order valence-electron chi connectivity index (χ4n) is 4.94. The van der Waals surface area contributed by atoms with Gasteiger partial charge in [-0.15, -0.1) is 0 Å². The molecule has 0 unspecified atom stereocenters. The van der Waals surface area contributed by atoms with Crippen molar-refractivity contribution in [2.24, 2.45) is 0 Å². The fraction of sp³-hybridized carbons (Fsp3) is 0.111. The van der Waals surface area contributed by atoms with Gasteiger partial charge in [-0.25, -0.2) is 0 Å². The maximum Gasteiger partial charge on any atom is 0.158 e. The van der Waals surface area contributed by atoms with Crippen molar-refractivity contribution < 1.29 is 4.42 Å². The molecule has 0 bridgehead atoms. The van der Waals surface area contributed by atoms with Crippen molar-refractivity contribution in [1.29, 1.82) is 0 Å². The first kappa shape index (κ1) is 16.4. The monoisotopic (exact) mass is 375 g/mol. The predicted octanol–water partition coefficient (Wildman–Crippen LogP) is 7.64. The maximum absolute atomic E-state index is 6.23. The van der Waals surface area contributed by atoms with Crippen LogP contribution in [0.5, 0.6) is 0 Å². The van der Waals surface area contributed by atoms with Crippen LogP contribution < -0.4 is 5.32 Å². The van der Waals surface area contributed by atoms with Crippen molar-refractivity contribution in [3.63, 3.8) is 0 Å². The zero-order valence-electron chi connectivity index (χ0n) is 16.5. The molecule has 6 rings (SSSR count). The van der Waals surface area contributed by atoms with Crippen molar-refractivity contribution >= 4 is 33.3 Å². The lowest BCUT2D eigenvalue weighted by molar-refractivity contribution is 0.661. The first-order valence-electron chi connectivity index (χ1n) is 10.1. The van der Waals surface area contributed by atoms with Gasteiger partial charge in [0.1, 0.15) is 5.58 Å². The Bertz CT molecular complexity index is 1410. The van der Waals surface area contributed by atoms with Gasteiger partial charge in [0.05, 0.1) is 5.69 Å². The summed E-state index contributed by atoms with van der Waals surface area (Å²) in [6.07, 6.45) is 0. The van der Waals surface area contributed by atoms with Gasteiger partial charge in [0, 0.05) is 21.9 Å². The van der Waals surface area contributed by atoms with Crippen LogP contribution in [-0.2, 0) is 5.41 Å². The number of para-hydroxylation sites is 2. The lowest BCUT2D eigenvalue weighted by Gasteiger charge is -2.24. The van der Waals surface area contributed by atoms with Gasteiger partial charge in [0.2, 0.25) is 0 Å². The second-order valence-electron chi connectivity index (χ2n) is 8.30. The minimum atomic E-state index is -0.0582. The van der Waals surface area contributed by atoms with E-state index in [1.807, 2.05) is 12.1 Å². The molecule has 1 N–H and O–H groups in total. The maximum atomic E-state index is 6.23. The van der Waals surface area contributed by atoms with E-state index in [2.05, 4.69) is 92.0 Å². The molecule has 0 amide bonds. The Balaban J connectivity index is 1.55. The van der Waals surface area contributed by atoms with E-state index in [0.29, 0.717) is 0 Å². The molecular formula is C27H21NO. The second-order valence-corrected chi connectivity index (χ2v) is 8.30. The summed E-state index contributed by atoms with van der Waals surface area (Å²) in [5, 5.41) is 5.99. The number of rotatable bonds is 2. The third kappa shape index (κ3) is 2.23. The molecule has 0 saturated heterocycles. The molecule has 1 heterocycles. The Hall–Kier alpha value is -3.52. The number of hydrogen-bond acceptors (Lipinski definition) is 2. The molecule has 2 heteroatoms. The highest BCUT2D eigenvalue weighted by atomic mass is 16.3. The summed E-state index contributed by atoms with van der Waals surface area (Å²) in [6, 6.07) is 29.8. The zero-order valence-corrected chi connectivity index (χ0v) is 16.5. The van der Waals surface area contributed by atoms with Crippen LogP contribution in [0.1, 0.15) is 25.0 Å². The van der Waals surface area contributed by atoms with Crippen LogP contribution in [0.4, 0.5) is 11.4 Å². The summed E-state index contributed by atoms with van der Waals surface area (Å²) in [6.45, 7) is 4.62. The van der Waals surface area contributed by atoms with Gasteiger partial charge in [0.15, 0.2) is 5.58 Å².